The third kappa shape index (κ3) is 3.13. The number of nitrogens with two attached hydrogens (primary N) is 1. The van der Waals surface area contributed by atoms with Crippen LogP contribution in [0, 0.1) is 11.8 Å². The lowest BCUT2D eigenvalue weighted by Gasteiger charge is -2.46. The lowest BCUT2D eigenvalue weighted by Crippen LogP contribution is -2.51. The zero-order valence-corrected chi connectivity index (χ0v) is 11.9. The number of rotatable bonds is 4. The Hall–Kier alpha value is -0.160. The molecule has 2 atom stereocenters. The van der Waals surface area contributed by atoms with Crippen LogP contribution in [-0.4, -0.2) is 31.5 Å². The minimum Gasteiger partial charge on any atom is -0.381 e. The molecular weight excluding hydrogens is 240 g/mol. The first-order valence-electron chi connectivity index (χ1n) is 7.99. The lowest BCUT2D eigenvalue weighted by atomic mass is 9.73. The Balaban J connectivity index is 1.58. The predicted octanol–water partition coefficient (Wildman–Crippen LogP) is 1.98. The Morgan fingerprint density at radius 2 is 1.95 bits per heavy atom. The monoisotopic (exact) mass is 268 g/mol. The Morgan fingerprint density at radius 3 is 2.58 bits per heavy atom. The molecule has 4 heteroatoms. The molecule has 110 valence electrons. The van der Waals surface area contributed by atoms with Gasteiger partial charge in [0, 0.05) is 25.9 Å². The Kier molecular flexibility index (Phi) is 4.42. The van der Waals surface area contributed by atoms with Crippen LogP contribution >= 0.6 is 0 Å². The fraction of sp³-hybridized carbons (Fsp3) is 1.00. The van der Waals surface area contributed by atoms with Crippen molar-refractivity contribution in [2.45, 2.75) is 63.0 Å². The fourth-order valence-electron chi connectivity index (χ4n) is 3.99. The van der Waals surface area contributed by atoms with Crippen molar-refractivity contribution in [1.82, 2.24) is 5.43 Å². The molecular formula is C15H28N2O2. The van der Waals surface area contributed by atoms with Crippen molar-refractivity contribution in [3.05, 3.63) is 0 Å². The molecule has 0 amide bonds. The van der Waals surface area contributed by atoms with Gasteiger partial charge in [-0.05, 0) is 43.9 Å². The standard InChI is InChI=1S/C15H28N2O2/c16-17-14(10-12-2-1-3-12)13-4-7-19-15(11-13)5-8-18-9-6-15/h12-14,17H,1-11,16H2. The van der Waals surface area contributed by atoms with Gasteiger partial charge in [-0.2, -0.15) is 0 Å². The molecule has 2 heterocycles. The summed E-state index contributed by atoms with van der Waals surface area (Å²) in [7, 11) is 0. The minimum absolute atomic E-state index is 0.0931. The summed E-state index contributed by atoms with van der Waals surface area (Å²) in [5.41, 5.74) is 3.20. The summed E-state index contributed by atoms with van der Waals surface area (Å²) in [5.74, 6) is 7.42. The van der Waals surface area contributed by atoms with Gasteiger partial charge in [0.2, 0.25) is 0 Å². The van der Waals surface area contributed by atoms with Gasteiger partial charge in [0.15, 0.2) is 0 Å². The molecule has 0 aromatic carbocycles. The van der Waals surface area contributed by atoms with Crippen LogP contribution in [0.3, 0.4) is 0 Å². The number of nitrogens with one attached hydrogen (secondary N) is 1. The largest absolute Gasteiger partial charge is 0.381 e. The zero-order valence-electron chi connectivity index (χ0n) is 11.9. The van der Waals surface area contributed by atoms with Gasteiger partial charge in [-0.1, -0.05) is 19.3 Å². The number of hydrogen-bond acceptors (Lipinski definition) is 4. The van der Waals surface area contributed by atoms with E-state index in [1.807, 2.05) is 0 Å². The molecule has 1 aliphatic carbocycles. The Morgan fingerprint density at radius 1 is 1.16 bits per heavy atom. The highest BCUT2D eigenvalue weighted by Crippen LogP contribution is 2.40. The minimum atomic E-state index is 0.0931. The van der Waals surface area contributed by atoms with E-state index in [0.29, 0.717) is 12.0 Å². The van der Waals surface area contributed by atoms with Gasteiger partial charge in [0.1, 0.15) is 0 Å². The molecule has 2 unspecified atom stereocenters. The van der Waals surface area contributed by atoms with Gasteiger partial charge in [0.05, 0.1) is 5.60 Å². The van der Waals surface area contributed by atoms with Crippen molar-refractivity contribution in [2.24, 2.45) is 17.7 Å². The van der Waals surface area contributed by atoms with Crippen molar-refractivity contribution >= 4 is 0 Å². The molecule has 0 aromatic heterocycles. The van der Waals surface area contributed by atoms with Crippen LogP contribution in [0.4, 0.5) is 0 Å². The van der Waals surface area contributed by atoms with Gasteiger partial charge < -0.3 is 9.47 Å². The summed E-state index contributed by atoms with van der Waals surface area (Å²) in [6, 6.07) is 0.480. The predicted molar refractivity (Wildman–Crippen MR) is 74.5 cm³/mol. The van der Waals surface area contributed by atoms with Crippen LogP contribution in [0.2, 0.25) is 0 Å². The number of hydrogen-bond donors (Lipinski definition) is 2. The molecule has 19 heavy (non-hydrogen) atoms. The molecule has 1 saturated carbocycles. The Labute approximate surface area is 116 Å². The molecule has 0 radical (unpaired) electrons. The molecule has 3 fully saturated rings. The second-order valence-electron chi connectivity index (χ2n) is 6.70. The fourth-order valence-corrected chi connectivity index (χ4v) is 3.99. The highest BCUT2D eigenvalue weighted by atomic mass is 16.5. The van der Waals surface area contributed by atoms with E-state index >= 15 is 0 Å². The lowest BCUT2D eigenvalue weighted by molar-refractivity contribution is -0.150. The summed E-state index contributed by atoms with van der Waals surface area (Å²) >= 11 is 0. The summed E-state index contributed by atoms with van der Waals surface area (Å²) in [5, 5.41) is 0. The average Bonchev–Trinajstić information content (AvgIpc) is 2.39. The van der Waals surface area contributed by atoms with Crippen molar-refractivity contribution in [1.29, 1.82) is 0 Å². The van der Waals surface area contributed by atoms with Crippen molar-refractivity contribution in [2.75, 3.05) is 19.8 Å². The molecule has 0 bridgehead atoms. The normalized spacial score (nSPS) is 33.0. The molecule has 2 aliphatic heterocycles. The van der Waals surface area contributed by atoms with Gasteiger partial charge in [-0.15, -0.1) is 0 Å². The maximum atomic E-state index is 6.13. The van der Waals surface area contributed by atoms with E-state index in [2.05, 4.69) is 5.43 Å². The van der Waals surface area contributed by atoms with Crippen LogP contribution in [0.25, 0.3) is 0 Å². The van der Waals surface area contributed by atoms with E-state index < -0.39 is 0 Å². The molecule has 0 aromatic rings. The third-order valence-electron chi connectivity index (χ3n) is 5.53. The zero-order chi connectivity index (χ0) is 13.1. The van der Waals surface area contributed by atoms with Gasteiger partial charge in [-0.3, -0.25) is 11.3 Å². The van der Waals surface area contributed by atoms with Crippen molar-refractivity contribution in [3.8, 4) is 0 Å². The van der Waals surface area contributed by atoms with Crippen molar-refractivity contribution < 1.29 is 9.47 Å². The number of ether oxygens (including phenoxy) is 2. The smallest absolute Gasteiger partial charge is 0.0729 e. The quantitative estimate of drug-likeness (QED) is 0.605. The van der Waals surface area contributed by atoms with Crippen LogP contribution < -0.4 is 11.3 Å². The first-order chi connectivity index (χ1) is 9.31. The highest BCUT2D eigenvalue weighted by molar-refractivity contribution is 4.93. The summed E-state index contributed by atoms with van der Waals surface area (Å²) in [6.45, 7) is 2.61. The SMILES string of the molecule is NNC(CC1CCC1)C1CCOC2(CCOCC2)C1. The highest BCUT2D eigenvalue weighted by Gasteiger charge is 2.41. The first kappa shape index (κ1) is 13.8. The molecule has 2 saturated heterocycles. The van der Waals surface area contributed by atoms with Crippen LogP contribution in [0.5, 0.6) is 0 Å². The number of hydrazine groups is 1. The van der Waals surface area contributed by atoms with Gasteiger partial charge in [-0.25, -0.2) is 0 Å². The third-order valence-corrected chi connectivity index (χ3v) is 5.53. The first-order valence-corrected chi connectivity index (χ1v) is 7.99. The molecule has 1 spiro atoms. The summed E-state index contributed by atoms with van der Waals surface area (Å²) < 4.78 is 11.6. The van der Waals surface area contributed by atoms with E-state index in [1.54, 1.807) is 0 Å². The van der Waals surface area contributed by atoms with Crippen molar-refractivity contribution in [3.63, 3.8) is 0 Å². The topological polar surface area (TPSA) is 56.5 Å². The van der Waals surface area contributed by atoms with Crippen LogP contribution in [0.15, 0.2) is 0 Å². The average molecular weight is 268 g/mol. The molecule has 3 rings (SSSR count). The van der Waals surface area contributed by atoms with Gasteiger partial charge >= 0.3 is 0 Å². The van der Waals surface area contributed by atoms with E-state index in [1.165, 1.54) is 25.7 Å². The maximum absolute atomic E-state index is 6.13. The summed E-state index contributed by atoms with van der Waals surface area (Å²) in [4.78, 5) is 0. The van der Waals surface area contributed by atoms with E-state index in [-0.39, 0.29) is 5.60 Å². The molecule has 4 nitrogen and oxygen atoms in total. The van der Waals surface area contributed by atoms with Gasteiger partial charge in [0.25, 0.3) is 0 Å². The maximum Gasteiger partial charge on any atom is 0.0729 e. The second-order valence-corrected chi connectivity index (χ2v) is 6.70. The van der Waals surface area contributed by atoms with E-state index in [9.17, 15) is 0 Å². The summed E-state index contributed by atoms with van der Waals surface area (Å²) in [6.07, 6.45) is 9.92. The van der Waals surface area contributed by atoms with Crippen LogP contribution in [0.1, 0.15) is 51.4 Å². The second kappa shape index (κ2) is 6.08. The van der Waals surface area contributed by atoms with E-state index in [0.717, 1.165) is 51.4 Å². The molecule has 3 aliphatic rings. The van der Waals surface area contributed by atoms with E-state index in [4.69, 9.17) is 15.3 Å². The Bertz CT molecular complexity index is 282. The van der Waals surface area contributed by atoms with Crippen LogP contribution in [-0.2, 0) is 9.47 Å². The molecule has 3 N–H and O–H groups in total.